The van der Waals surface area contributed by atoms with Gasteiger partial charge in [-0.15, -0.1) is 0 Å². The van der Waals surface area contributed by atoms with Crippen LogP contribution in [0.25, 0.3) is 0 Å². The Kier molecular flexibility index (Phi) is 57.9. The topological polar surface area (TPSA) is 77.4 Å². The fourth-order valence-electron chi connectivity index (χ4n) is 8.22. The van der Waals surface area contributed by atoms with Gasteiger partial charge in [-0.25, -0.2) is 0 Å². The quantitative estimate of drug-likeness (QED) is 0.0305. The molecule has 6 N–H and O–H groups in total. The van der Waals surface area contributed by atoms with Gasteiger partial charge in [0.05, 0.1) is 0 Å². The first-order chi connectivity index (χ1) is 29.8. The molecule has 0 aliphatic rings. The first-order valence-electron chi connectivity index (χ1n) is 27.4. The highest BCUT2D eigenvalue weighted by atomic mass is 32.2. The lowest BCUT2D eigenvalue weighted by molar-refractivity contribution is 0.264. The van der Waals surface area contributed by atoms with Crippen LogP contribution in [-0.2, 0) is 0 Å². The Labute approximate surface area is 387 Å². The first-order valence-corrected chi connectivity index (χ1v) is 29.3. The van der Waals surface area contributed by atoms with E-state index in [0.29, 0.717) is 0 Å². The van der Waals surface area contributed by atoms with Gasteiger partial charge in [0, 0.05) is 24.6 Å². The van der Waals surface area contributed by atoms with Crippen LogP contribution in [0.5, 0.6) is 0 Å². The second kappa shape index (κ2) is 57.5. The zero-order valence-electron chi connectivity index (χ0n) is 41.2. The molecule has 0 spiro atoms. The largest absolute Gasteiger partial charge is 0.330 e. The molecule has 0 aliphatic carbocycles. The molecule has 0 aromatic carbocycles. The number of nitrogens with two attached hydrogens (primary N) is 1. The number of hydrogen-bond acceptors (Lipinski definition) is 8. The monoisotopic (exact) mass is 885 g/mol. The minimum absolute atomic E-state index is 0.787. The van der Waals surface area contributed by atoms with E-state index >= 15 is 0 Å². The number of rotatable bonds is 56. The highest BCUT2D eigenvalue weighted by Gasteiger charge is 2.05. The highest BCUT2D eigenvalue weighted by Crippen LogP contribution is 2.16. The fourth-order valence-corrected chi connectivity index (χ4v) is 9.79. The van der Waals surface area contributed by atoms with Crippen LogP contribution in [0.15, 0.2) is 0 Å². The molecule has 0 saturated carbocycles. The van der Waals surface area contributed by atoms with E-state index in [1.54, 1.807) is 0 Å². The molecule has 0 aliphatic heterocycles. The molecule has 0 unspecified atom stereocenters. The first kappa shape index (κ1) is 60.5. The molecule has 0 bridgehead atoms. The summed E-state index contributed by atoms with van der Waals surface area (Å²) in [7, 11) is 0. The molecule has 60 heavy (non-hydrogen) atoms. The van der Waals surface area contributed by atoms with Gasteiger partial charge in [-0.3, -0.25) is 9.44 Å². The van der Waals surface area contributed by atoms with Gasteiger partial charge in [0.15, 0.2) is 0 Å². The molecular weight excluding hydrogens is 773 g/mol. The van der Waals surface area contributed by atoms with Crippen LogP contribution >= 0.6 is 23.9 Å². The van der Waals surface area contributed by atoms with Crippen molar-refractivity contribution in [2.75, 3.05) is 77.0 Å². The summed E-state index contributed by atoms with van der Waals surface area (Å²) in [4.78, 5) is 2.73. The van der Waals surface area contributed by atoms with Gasteiger partial charge >= 0.3 is 0 Å². The number of hydrogen-bond donors (Lipinski definition) is 5. The summed E-state index contributed by atoms with van der Waals surface area (Å²) in [6.45, 7) is 15.8. The van der Waals surface area contributed by atoms with E-state index < -0.39 is 0 Å². The third-order valence-corrected chi connectivity index (χ3v) is 14.1. The fraction of sp³-hybridized carbons (Fsp3) is 1.00. The summed E-state index contributed by atoms with van der Waals surface area (Å²) in [5.41, 5.74) is 5.59. The zero-order valence-corrected chi connectivity index (χ0v) is 42.8. The van der Waals surface area contributed by atoms with E-state index in [4.69, 9.17) is 5.73 Å². The molecule has 0 saturated heterocycles. The lowest BCUT2D eigenvalue weighted by Gasteiger charge is -2.22. The lowest BCUT2D eigenvalue weighted by atomic mass is 10.0. The normalized spacial score (nSPS) is 11.8. The minimum atomic E-state index is 0.787. The van der Waals surface area contributed by atoms with Gasteiger partial charge in [0.2, 0.25) is 0 Å². The smallest absolute Gasteiger partial charge is 0.00786 e. The van der Waals surface area contributed by atoms with Crippen LogP contribution in [0.2, 0.25) is 0 Å². The van der Waals surface area contributed by atoms with Crippen LogP contribution in [0.4, 0.5) is 0 Å². The average molecular weight is 886 g/mol. The SMILES string of the molecule is CCCCCCCCCCCCCCCCCCSNCCCN(CCCNCCCCNCCCN)CCCNSCCCCCCCCCCCCCCCCCC. The molecule has 362 valence electrons. The van der Waals surface area contributed by atoms with Crippen molar-refractivity contribution < 1.29 is 0 Å². The Morgan fingerprint density at radius 3 is 0.883 bits per heavy atom. The molecular formula is C52H112N6S2. The van der Waals surface area contributed by atoms with Crippen LogP contribution in [-0.4, -0.2) is 81.9 Å². The molecule has 8 heteroatoms. The predicted octanol–water partition coefficient (Wildman–Crippen LogP) is 14.8. The Morgan fingerprint density at radius 1 is 0.300 bits per heavy atom. The summed E-state index contributed by atoms with van der Waals surface area (Å²) in [5.74, 6) is 2.53. The average Bonchev–Trinajstić information content (AvgIpc) is 3.26. The zero-order chi connectivity index (χ0) is 43.2. The number of unbranched alkanes of at least 4 members (excludes halogenated alkanes) is 31. The van der Waals surface area contributed by atoms with Gasteiger partial charge in [-0.2, -0.15) is 0 Å². The second-order valence-electron chi connectivity index (χ2n) is 18.3. The Hall–Kier alpha value is 0.460. The van der Waals surface area contributed by atoms with E-state index in [1.807, 2.05) is 23.9 Å². The van der Waals surface area contributed by atoms with Crippen molar-refractivity contribution in [3.63, 3.8) is 0 Å². The molecule has 0 radical (unpaired) electrons. The van der Waals surface area contributed by atoms with Gasteiger partial charge in [0.25, 0.3) is 0 Å². The summed E-state index contributed by atoms with van der Waals surface area (Å²) < 4.78 is 7.37. The maximum Gasteiger partial charge on any atom is 0.00786 e. The van der Waals surface area contributed by atoms with Crippen LogP contribution in [0.1, 0.15) is 258 Å². The summed E-state index contributed by atoms with van der Waals surface area (Å²) in [6.07, 6.45) is 53.5. The standard InChI is InChI=1S/C52H112N6S2/c1-3-5-7-9-11-13-15-17-19-21-23-25-27-29-31-35-51-59-56-46-39-49-58(48-38-45-55-43-34-33-42-54-44-37-41-53)50-40-47-57-60-52-36-32-30-28-26-24-22-20-18-16-14-12-10-8-6-4-2/h54-57H,3-53H2,1-2H3. The maximum atomic E-state index is 5.59. The van der Waals surface area contributed by atoms with E-state index in [-0.39, 0.29) is 0 Å². The Bertz CT molecular complexity index is 689. The molecule has 0 aromatic heterocycles. The number of nitrogens with zero attached hydrogens (tertiary/aromatic N) is 1. The van der Waals surface area contributed by atoms with Crippen molar-refractivity contribution in [3.8, 4) is 0 Å². The van der Waals surface area contributed by atoms with Crippen molar-refractivity contribution >= 4 is 23.9 Å². The molecule has 0 heterocycles. The predicted molar refractivity (Wildman–Crippen MR) is 279 cm³/mol. The third-order valence-electron chi connectivity index (χ3n) is 12.3. The second-order valence-corrected chi connectivity index (χ2v) is 20.3. The van der Waals surface area contributed by atoms with Crippen molar-refractivity contribution in [3.05, 3.63) is 0 Å². The van der Waals surface area contributed by atoms with Crippen molar-refractivity contribution in [2.24, 2.45) is 5.73 Å². The minimum Gasteiger partial charge on any atom is -0.330 e. The summed E-state index contributed by atoms with van der Waals surface area (Å²) >= 11 is 3.94. The molecule has 0 atom stereocenters. The number of nitrogens with one attached hydrogen (secondary N) is 4. The van der Waals surface area contributed by atoms with E-state index in [1.165, 1.54) is 269 Å². The summed E-state index contributed by atoms with van der Waals surface area (Å²) in [5, 5.41) is 7.20. The Morgan fingerprint density at radius 2 is 0.567 bits per heavy atom. The van der Waals surface area contributed by atoms with Crippen LogP contribution in [0, 0.1) is 0 Å². The van der Waals surface area contributed by atoms with Crippen LogP contribution in [0.3, 0.4) is 0 Å². The maximum absolute atomic E-state index is 5.59. The molecule has 0 amide bonds. The highest BCUT2D eigenvalue weighted by molar-refractivity contribution is 7.97. The molecule has 0 aromatic rings. The lowest BCUT2D eigenvalue weighted by Crippen LogP contribution is -2.32. The Balaban J connectivity index is 3.85. The van der Waals surface area contributed by atoms with E-state index in [2.05, 4.69) is 38.8 Å². The van der Waals surface area contributed by atoms with Gasteiger partial charge < -0.3 is 21.3 Å². The molecule has 0 fully saturated rings. The third kappa shape index (κ3) is 54.6. The molecule has 0 rings (SSSR count). The van der Waals surface area contributed by atoms with Gasteiger partial charge in [0.1, 0.15) is 0 Å². The van der Waals surface area contributed by atoms with Gasteiger partial charge in [-0.1, -0.05) is 230 Å². The summed E-state index contributed by atoms with van der Waals surface area (Å²) in [6, 6.07) is 0. The van der Waals surface area contributed by atoms with Crippen molar-refractivity contribution in [2.45, 2.75) is 258 Å². The van der Waals surface area contributed by atoms with Gasteiger partial charge in [-0.05, 0) is 104 Å². The van der Waals surface area contributed by atoms with Crippen LogP contribution < -0.4 is 25.8 Å². The van der Waals surface area contributed by atoms with E-state index in [0.717, 1.165) is 52.2 Å². The van der Waals surface area contributed by atoms with Crippen molar-refractivity contribution in [1.82, 2.24) is 25.0 Å². The van der Waals surface area contributed by atoms with E-state index in [9.17, 15) is 0 Å². The van der Waals surface area contributed by atoms with Crippen molar-refractivity contribution in [1.29, 1.82) is 0 Å². The molecule has 6 nitrogen and oxygen atoms in total.